The predicted octanol–water partition coefficient (Wildman–Crippen LogP) is 2.60. The van der Waals surface area contributed by atoms with E-state index in [9.17, 15) is 9.90 Å². The van der Waals surface area contributed by atoms with Crippen LogP contribution in [0.5, 0.6) is 0 Å². The van der Waals surface area contributed by atoms with Crippen molar-refractivity contribution in [2.45, 2.75) is 32.8 Å². The van der Waals surface area contributed by atoms with E-state index in [1.165, 1.54) is 11.3 Å². The molecule has 3 nitrogen and oxygen atoms in total. The fourth-order valence-electron chi connectivity index (χ4n) is 1.22. The van der Waals surface area contributed by atoms with Gasteiger partial charge in [0.15, 0.2) is 0 Å². The monoisotopic (exact) mass is 261 g/mol. The number of halogens is 1. The molecule has 0 aromatic carbocycles. The topological polar surface area (TPSA) is 49.3 Å². The van der Waals surface area contributed by atoms with Crippen LogP contribution in [0.15, 0.2) is 5.38 Å². The van der Waals surface area contributed by atoms with Crippen LogP contribution in [0.2, 0.25) is 5.02 Å². The SMILES string of the molecule is CCC(O)CCNC(=O)c1scc(C)c1Cl. The van der Waals surface area contributed by atoms with Crippen molar-refractivity contribution >= 4 is 28.8 Å². The summed E-state index contributed by atoms with van der Waals surface area (Å²) in [6, 6.07) is 0. The van der Waals surface area contributed by atoms with Crippen LogP contribution in [0.3, 0.4) is 0 Å². The zero-order valence-electron chi connectivity index (χ0n) is 9.42. The Morgan fingerprint density at radius 1 is 1.69 bits per heavy atom. The molecule has 0 aliphatic rings. The van der Waals surface area contributed by atoms with Crippen LogP contribution in [0.25, 0.3) is 0 Å². The number of aliphatic hydroxyl groups excluding tert-OH is 1. The first-order chi connectivity index (χ1) is 7.56. The quantitative estimate of drug-likeness (QED) is 0.856. The van der Waals surface area contributed by atoms with Crippen LogP contribution in [0, 0.1) is 6.92 Å². The van der Waals surface area contributed by atoms with Gasteiger partial charge in [-0.2, -0.15) is 0 Å². The number of thiophene rings is 1. The van der Waals surface area contributed by atoms with Gasteiger partial charge < -0.3 is 10.4 Å². The first-order valence-electron chi connectivity index (χ1n) is 5.26. The number of carbonyl (C=O) groups is 1. The average Bonchev–Trinajstić information content (AvgIpc) is 2.59. The molecule has 1 atom stereocenters. The van der Waals surface area contributed by atoms with Crippen LogP contribution >= 0.6 is 22.9 Å². The van der Waals surface area contributed by atoms with Crippen LogP contribution < -0.4 is 5.32 Å². The van der Waals surface area contributed by atoms with Gasteiger partial charge in [-0.05, 0) is 30.7 Å². The van der Waals surface area contributed by atoms with Gasteiger partial charge in [-0.3, -0.25) is 4.79 Å². The Kier molecular flexibility index (Phi) is 5.25. The van der Waals surface area contributed by atoms with Gasteiger partial charge >= 0.3 is 0 Å². The number of amides is 1. The maximum atomic E-state index is 11.7. The molecule has 1 amide bonds. The molecular formula is C11H16ClNO2S. The van der Waals surface area contributed by atoms with Gasteiger partial charge in [0.2, 0.25) is 0 Å². The Hall–Kier alpha value is -0.580. The van der Waals surface area contributed by atoms with E-state index in [0.717, 1.165) is 5.56 Å². The number of aryl methyl sites for hydroxylation is 1. The van der Waals surface area contributed by atoms with Gasteiger partial charge in [-0.25, -0.2) is 0 Å². The molecule has 0 saturated heterocycles. The number of carbonyl (C=O) groups excluding carboxylic acids is 1. The van der Waals surface area contributed by atoms with E-state index in [4.69, 9.17) is 11.6 Å². The Morgan fingerprint density at radius 2 is 2.38 bits per heavy atom. The molecular weight excluding hydrogens is 246 g/mol. The molecule has 1 rings (SSSR count). The second kappa shape index (κ2) is 6.23. The van der Waals surface area contributed by atoms with E-state index >= 15 is 0 Å². The molecule has 0 bridgehead atoms. The minimum Gasteiger partial charge on any atom is -0.393 e. The van der Waals surface area contributed by atoms with Gasteiger partial charge in [0.1, 0.15) is 4.88 Å². The Balaban J connectivity index is 2.44. The molecule has 0 fully saturated rings. The van der Waals surface area contributed by atoms with Crippen molar-refractivity contribution in [3.05, 3.63) is 20.8 Å². The maximum Gasteiger partial charge on any atom is 0.262 e. The lowest BCUT2D eigenvalue weighted by Gasteiger charge is -2.08. The largest absolute Gasteiger partial charge is 0.393 e. The highest BCUT2D eigenvalue weighted by atomic mass is 35.5. The van der Waals surface area contributed by atoms with Gasteiger partial charge in [-0.1, -0.05) is 18.5 Å². The molecule has 2 N–H and O–H groups in total. The van der Waals surface area contributed by atoms with E-state index in [2.05, 4.69) is 5.32 Å². The highest BCUT2D eigenvalue weighted by Crippen LogP contribution is 2.26. The first kappa shape index (κ1) is 13.5. The summed E-state index contributed by atoms with van der Waals surface area (Å²) < 4.78 is 0. The second-order valence-electron chi connectivity index (χ2n) is 3.67. The van der Waals surface area contributed by atoms with Crippen molar-refractivity contribution in [3.8, 4) is 0 Å². The average molecular weight is 262 g/mol. The lowest BCUT2D eigenvalue weighted by molar-refractivity contribution is 0.0946. The third kappa shape index (κ3) is 3.47. The van der Waals surface area contributed by atoms with E-state index in [-0.39, 0.29) is 12.0 Å². The summed E-state index contributed by atoms with van der Waals surface area (Å²) in [5.41, 5.74) is 0.922. The van der Waals surface area contributed by atoms with Gasteiger partial charge in [0.25, 0.3) is 5.91 Å². The molecule has 0 aliphatic carbocycles. The van der Waals surface area contributed by atoms with E-state index < -0.39 is 0 Å². The molecule has 1 aromatic heterocycles. The molecule has 0 spiro atoms. The van der Waals surface area contributed by atoms with Crippen molar-refractivity contribution < 1.29 is 9.90 Å². The summed E-state index contributed by atoms with van der Waals surface area (Å²) in [4.78, 5) is 12.2. The smallest absolute Gasteiger partial charge is 0.262 e. The molecule has 0 radical (unpaired) electrons. The molecule has 1 unspecified atom stereocenters. The highest BCUT2D eigenvalue weighted by molar-refractivity contribution is 7.13. The molecule has 5 heteroatoms. The first-order valence-corrected chi connectivity index (χ1v) is 6.51. The molecule has 90 valence electrons. The summed E-state index contributed by atoms with van der Waals surface area (Å²) >= 11 is 7.31. The van der Waals surface area contributed by atoms with E-state index in [1.54, 1.807) is 0 Å². The minimum absolute atomic E-state index is 0.161. The minimum atomic E-state index is -0.346. The Bertz CT molecular complexity index is 365. The van der Waals surface area contributed by atoms with Crippen molar-refractivity contribution in [1.82, 2.24) is 5.32 Å². The standard InChI is InChI=1S/C11H16ClNO2S/c1-3-8(14)4-5-13-11(15)10-9(12)7(2)6-16-10/h6,8,14H,3-5H2,1-2H3,(H,13,15). The van der Waals surface area contributed by atoms with Gasteiger partial charge in [0.05, 0.1) is 11.1 Å². The Morgan fingerprint density at radius 3 is 2.88 bits per heavy atom. The predicted molar refractivity (Wildman–Crippen MR) is 67.3 cm³/mol. The number of aliphatic hydroxyl groups is 1. The molecule has 0 aliphatic heterocycles. The number of rotatable bonds is 5. The fraction of sp³-hybridized carbons (Fsp3) is 0.545. The van der Waals surface area contributed by atoms with E-state index in [1.807, 2.05) is 19.2 Å². The fourth-order valence-corrected chi connectivity index (χ4v) is 2.41. The van der Waals surface area contributed by atoms with Crippen molar-refractivity contribution in [1.29, 1.82) is 0 Å². The van der Waals surface area contributed by atoms with Gasteiger partial charge in [0, 0.05) is 6.54 Å². The summed E-state index contributed by atoms with van der Waals surface area (Å²) in [5.74, 6) is -0.161. The Labute approximate surface area is 104 Å². The zero-order chi connectivity index (χ0) is 12.1. The molecule has 0 saturated carbocycles. The summed E-state index contributed by atoms with van der Waals surface area (Å²) in [5, 5.41) is 14.5. The van der Waals surface area contributed by atoms with E-state index in [0.29, 0.717) is 29.3 Å². The maximum absolute atomic E-state index is 11.7. The molecule has 16 heavy (non-hydrogen) atoms. The zero-order valence-corrected chi connectivity index (χ0v) is 11.0. The summed E-state index contributed by atoms with van der Waals surface area (Å²) in [6.45, 7) is 4.25. The van der Waals surface area contributed by atoms with Crippen LogP contribution in [-0.2, 0) is 0 Å². The highest BCUT2D eigenvalue weighted by Gasteiger charge is 2.14. The molecule has 1 aromatic rings. The molecule has 1 heterocycles. The third-order valence-electron chi connectivity index (χ3n) is 2.34. The normalized spacial score (nSPS) is 12.5. The summed E-state index contributed by atoms with van der Waals surface area (Å²) in [7, 11) is 0. The van der Waals surface area contributed by atoms with Crippen molar-refractivity contribution in [3.63, 3.8) is 0 Å². The van der Waals surface area contributed by atoms with Crippen LogP contribution in [-0.4, -0.2) is 23.7 Å². The number of nitrogens with one attached hydrogen (secondary N) is 1. The number of hydrogen-bond acceptors (Lipinski definition) is 3. The third-order valence-corrected chi connectivity index (χ3v) is 4.04. The van der Waals surface area contributed by atoms with Gasteiger partial charge in [-0.15, -0.1) is 11.3 Å². The lowest BCUT2D eigenvalue weighted by Crippen LogP contribution is -2.26. The van der Waals surface area contributed by atoms with Crippen molar-refractivity contribution in [2.24, 2.45) is 0 Å². The van der Waals surface area contributed by atoms with Crippen LogP contribution in [0.1, 0.15) is 35.0 Å². The second-order valence-corrected chi connectivity index (χ2v) is 4.93. The number of hydrogen-bond donors (Lipinski definition) is 2. The van der Waals surface area contributed by atoms with Crippen molar-refractivity contribution in [2.75, 3.05) is 6.54 Å². The van der Waals surface area contributed by atoms with Crippen LogP contribution in [0.4, 0.5) is 0 Å². The lowest BCUT2D eigenvalue weighted by atomic mass is 10.2. The summed E-state index contributed by atoms with van der Waals surface area (Å²) in [6.07, 6.45) is 0.930.